The van der Waals surface area contributed by atoms with Crippen LogP contribution < -0.4 is 5.32 Å². The zero-order valence-corrected chi connectivity index (χ0v) is 14.7. The molecule has 0 saturated carbocycles. The first-order valence-electron chi connectivity index (χ1n) is 8.34. The first kappa shape index (κ1) is 16.7. The second kappa shape index (κ2) is 6.21. The second-order valence-electron chi connectivity index (χ2n) is 6.35. The average molecular weight is 360 g/mol. The summed E-state index contributed by atoms with van der Waals surface area (Å²) in [5, 5.41) is 2.87. The van der Waals surface area contributed by atoms with Crippen molar-refractivity contribution in [1.29, 1.82) is 0 Å². The van der Waals surface area contributed by atoms with Gasteiger partial charge in [-0.2, -0.15) is 0 Å². The summed E-state index contributed by atoms with van der Waals surface area (Å²) in [5.74, 6) is -0.410. The van der Waals surface area contributed by atoms with Crippen molar-refractivity contribution in [3.8, 4) is 11.4 Å². The number of aromatic amines is 1. The highest BCUT2D eigenvalue weighted by molar-refractivity contribution is 6.22. The van der Waals surface area contributed by atoms with E-state index in [0.717, 1.165) is 16.0 Å². The highest BCUT2D eigenvalue weighted by Crippen LogP contribution is 2.25. The molecule has 134 valence electrons. The minimum atomic E-state index is -0.402. The lowest BCUT2D eigenvalue weighted by Crippen LogP contribution is -2.24. The van der Waals surface area contributed by atoms with E-state index in [4.69, 9.17) is 0 Å². The monoisotopic (exact) mass is 360 g/mol. The number of nitrogens with one attached hydrogen (secondary N) is 2. The van der Waals surface area contributed by atoms with Crippen LogP contribution >= 0.6 is 0 Å². The maximum Gasteiger partial charge on any atom is 0.261 e. The van der Waals surface area contributed by atoms with E-state index in [-0.39, 0.29) is 17.4 Å². The van der Waals surface area contributed by atoms with Crippen LogP contribution in [-0.4, -0.2) is 39.6 Å². The van der Waals surface area contributed by atoms with Crippen LogP contribution in [0.3, 0.4) is 0 Å². The number of nitrogens with zero attached hydrogens (tertiary/aromatic N) is 2. The van der Waals surface area contributed by atoms with E-state index in [0.29, 0.717) is 22.6 Å². The van der Waals surface area contributed by atoms with Crippen LogP contribution in [0.2, 0.25) is 0 Å². The molecule has 0 bridgehead atoms. The van der Waals surface area contributed by atoms with Gasteiger partial charge in [0.05, 0.1) is 11.1 Å². The lowest BCUT2D eigenvalue weighted by molar-refractivity contribution is 0.0693. The lowest BCUT2D eigenvalue weighted by Gasteiger charge is -2.10. The Bertz CT molecular complexity index is 1090. The van der Waals surface area contributed by atoms with E-state index >= 15 is 0 Å². The number of amides is 3. The third-order valence-corrected chi connectivity index (χ3v) is 4.61. The third kappa shape index (κ3) is 2.79. The van der Waals surface area contributed by atoms with Gasteiger partial charge in [0.15, 0.2) is 0 Å². The van der Waals surface area contributed by atoms with Crippen molar-refractivity contribution < 1.29 is 14.4 Å². The molecule has 7 nitrogen and oxygen atoms in total. The highest BCUT2D eigenvalue weighted by atomic mass is 16.2. The Labute approximate surface area is 155 Å². The van der Waals surface area contributed by atoms with Crippen molar-refractivity contribution in [2.75, 3.05) is 12.4 Å². The number of fused-ring (bicyclic) bond motifs is 1. The Morgan fingerprint density at radius 2 is 1.85 bits per heavy atom. The summed E-state index contributed by atoms with van der Waals surface area (Å²) in [7, 11) is 1.42. The highest BCUT2D eigenvalue weighted by Gasteiger charge is 2.33. The van der Waals surface area contributed by atoms with E-state index in [9.17, 15) is 14.4 Å². The largest absolute Gasteiger partial charge is 0.345 e. The number of hydrogen-bond acceptors (Lipinski definition) is 4. The first-order valence-corrected chi connectivity index (χ1v) is 8.34. The summed E-state index contributed by atoms with van der Waals surface area (Å²) in [4.78, 5) is 45.1. The number of H-pyrrole nitrogens is 1. The van der Waals surface area contributed by atoms with Crippen LogP contribution in [0.15, 0.2) is 48.8 Å². The zero-order valence-electron chi connectivity index (χ0n) is 14.7. The van der Waals surface area contributed by atoms with Gasteiger partial charge in [-0.3, -0.25) is 19.3 Å². The van der Waals surface area contributed by atoms with Gasteiger partial charge in [0, 0.05) is 36.3 Å². The molecule has 7 heteroatoms. The van der Waals surface area contributed by atoms with Crippen LogP contribution in [0, 0.1) is 6.92 Å². The number of aromatic nitrogens is 2. The van der Waals surface area contributed by atoms with Gasteiger partial charge in [-0.15, -0.1) is 0 Å². The fourth-order valence-electron chi connectivity index (χ4n) is 3.02. The molecule has 1 aliphatic rings. The molecule has 3 aromatic rings. The van der Waals surface area contributed by atoms with E-state index in [1.165, 1.54) is 19.2 Å². The lowest BCUT2D eigenvalue weighted by atomic mass is 10.0. The molecule has 0 aliphatic carbocycles. The molecule has 2 aromatic carbocycles. The van der Waals surface area contributed by atoms with Gasteiger partial charge in [0.2, 0.25) is 0 Å². The van der Waals surface area contributed by atoms with Crippen molar-refractivity contribution >= 4 is 23.4 Å². The molecule has 1 aliphatic heterocycles. The van der Waals surface area contributed by atoms with Crippen molar-refractivity contribution in [1.82, 2.24) is 14.9 Å². The Morgan fingerprint density at radius 3 is 2.59 bits per heavy atom. The normalized spacial score (nSPS) is 13.0. The molecule has 4 rings (SSSR count). The van der Waals surface area contributed by atoms with Gasteiger partial charge in [-0.1, -0.05) is 12.1 Å². The zero-order chi connectivity index (χ0) is 19.1. The van der Waals surface area contributed by atoms with Crippen LogP contribution in [0.4, 0.5) is 5.69 Å². The van der Waals surface area contributed by atoms with E-state index in [1.54, 1.807) is 18.5 Å². The van der Waals surface area contributed by atoms with Crippen molar-refractivity contribution in [3.05, 3.63) is 71.0 Å². The van der Waals surface area contributed by atoms with Gasteiger partial charge in [0.1, 0.15) is 5.82 Å². The van der Waals surface area contributed by atoms with Crippen LogP contribution in [0.1, 0.15) is 36.6 Å². The minimum Gasteiger partial charge on any atom is -0.345 e. The Balaban J connectivity index is 1.63. The third-order valence-electron chi connectivity index (χ3n) is 4.61. The maximum atomic E-state index is 12.7. The molecular weight excluding hydrogens is 344 g/mol. The van der Waals surface area contributed by atoms with Crippen molar-refractivity contribution in [2.24, 2.45) is 0 Å². The summed E-state index contributed by atoms with van der Waals surface area (Å²) >= 11 is 0. The van der Waals surface area contributed by atoms with Crippen LogP contribution in [0.5, 0.6) is 0 Å². The standard InChI is InChI=1S/C20H16N4O3/c1-11-3-4-12(17-21-7-8-22-17)10-16(11)23-18(25)13-5-6-14-15(9-13)20(27)24(2)19(14)26/h3-10H,1-2H3,(H,21,22)(H,23,25). The quantitative estimate of drug-likeness (QED) is 0.702. The van der Waals surface area contributed by atoms with Gasteiger partial charge < -0.3 is 10.3 Å². The number of hydrogen-bond donors (Lipinski definition) is 2. The van der Waals surface area contributed by atoms with Gasteiger partial charge in [-0.25, -0.2) is 4.98 Å². The molecule has 0 atom stereocenters. The first-order chi connectivity index (χ1) is 13.0. The number of carbonyl (C=O) groups excluding carboxylic acids is 3. The Morgan fingerprint density at radius 1 is 1.07 bits per heavy atom. The van der Waals surface area contributed by atoms with Crippen molar-refractivity contribution in [2.45, 2.75) is 6.92 Å². The topological polar surface area (TPSA) is 95.2 Å². The number of rotatable bonds is 3. The molecule has 0 spiro atoms. The summed E-state index contributed by atoms with van der Waals surface area (Å²) < 4.78 is 0. The molecule has 0 fully saturated rings. The molecule has 2 N–H and O–H groups in total. The second-order valence-corrected chi connectivity index (χ2v) is 6.35. The van der Waals surface area contributed by atoms with Crippen LogP contribution in [0.25, 0.3) is 11.4 Å². The SMILES string of the molecule is Cc1ccc(-c2ncc[nH]2)cc1NC(=O)c1ccc2c(c1)C(=O)N(C)C2=O. The Kier molecular flexibility index (Phi) is 3.84. The van der Waals surface area contributed by atoms with E-state index in [2.05, 4.69) is 15.3 Å². The fraction of sp³-hybridized carbons (Fsp3) is 0.100. The number of imide groups is 1. The number of imidazole rings is 1. The number of aryl methyl sites for hydroxylation is 1. The molecular formula is C20H16N4O3. The predicted octanol–water partition coefficient (Wildman–Crippen LogP) is 2.86. The van der Waals surface area contributed by atoms with Crippen molar-refractivity contribution in [3.63, 3.8) is 0 Å². The summed E-state index contributed by atoms with van der Waals surface area (Å²) in [6.45, 7) is 1.89. The average Bonchev–Trinajstić information content (AvgIpc) is 3.28. The summed E-state index contributed by atoms with van der Waals surface area (Å²) in [5.41, 5.74) is 3.26. The number of carbonyl (C=O) groups is 3. The Hall–Kier alpha value is -3.74. The molecule has 3 amide bonds. The predicted molar refractivity (Wildman–Crippen MR) is 99.6 cm³/mol. The summed E-state index contributed by atoms with van der Waals surface area (Å²) in [6.07, 6.45) is 3.39. The van der Waals surface area contributed by atoms with Crippen LogP contribution in [-0.2, 0) is 0 Å². The van der Waals surface area contributed by atoms with E-state index in [1.807, 2.05) is 25.1 Å². The van der Waals surface area contributed by atoms with Gasteiger partial charge >= 0.3 is 0 Å². The molecule has 0 radical (unpaired) electrons. The molecule has 0 unspecified atom stereocenters. The van der Waals surface area contributed by atoms with Gasteiger partial charge in [-0.05, 0) is 36.8 Å². The number of anilines is 1. The smallest absolute Gasteiger partial charge is 0.261 e. The minimum absolute atomic E-state index is 0.246. The molecule has 1 aromatic heterocycles. The summed E-state index contributed by atoms with van der Waals surface area (Å²) in [6, 6.07) is 10.2. The van der Waals surface area contributed by atoms with Gasteiger partial charge in [0.25, 0.3) is 17.7 Å². The molecule has 2 heterocycles. The maximum absolute atomic E-state index is 12.7. The molecule has 27 heavy (non-hydrogen) atoms. The fourth-order valence-corrected chi connectivity index (χ4v) is 3.02. The number of benzene rings is 2. The van der Waals surface area contributed by atoms with E-state index < -0.39 is 5.91 Å². The molecule has 0 saturated heterocycles.